The molecule has 0 atom stereocenters. The zero-order valence-corrected chi connectivity index (χ0v) is 19.7. The van der Waals surface area contributed by atoms with Crippen LogP contribution in [0.4, 0.5) is 20.5 Å². The molecule has 0 spiro atoms. The van der Waals surface area contributed by atoms with E-state index in [1.54, 1.807) is 24.5 Å². The molecular weight excluding hydrogens is 466 g/mol. The number of phenolic OH excluding ortho intramolecular Hbond substituents is 1. The number of hydrogen-bond donors (Lipinski definition) is 4. The van der Waals surface area contributed by atoms with Gasteiger partial charge >= 0.3 is 0 Å². The van der Waals surface area contributed by atoms with E-state index in [-0.39, 0.29) is 40.8 Å². The van der Waals surface area contributed by atoms with Crippen LogP contribution in [0.2, 0.25) is 0 Å². The first-order valence-corrected chi connectivity index (χ1v) is 11.9. The Balaban J connectivity index is 1.29. The summed E-state index contributed by atoms with van der Waals surface area (Å²) in [6, 6.07) is 6.58. The van der Waals surface area contributed by atoms with E-state index in [1.807, 2.05) is 6.07 Å². The smallest absolute Gasteiger partial charge is 0.243 e. The lowest BCUT2D eigenvalue weighted by Gasteiger charge is -2.12. The van der Waals surface area contributed by atoms with Crippen molar-refractivity contribution in [1.29, 1.82) is 0 Å². The molecule has 10 heteroatoms. The molecule has 1 aliphatic rings. The van der Waals surface area contributed by atoms with Crippen molar-refractivity contribution in [2.24, 2.45) is 0 Å². The molecular formula is C26H28F2N6O2. The number of pyridine rings is 1. The normalized spacial score (nSPS) is 13.2. The third kappa shape index (κ3) is 6.74. The van der Waals surface area contributed by atoms with Gasteiger partial charge in [0.05, 0.1) is 5.69 Å². The Hall–Kier alpha value is -4.08. The summed E-state index contributed by atoms with van der Waals surface area (Å²) >= 11 is 0. The zero-order chi connectivity index (χ0) is 25.5. The Morgan fingerprint density at radius 1 is 1.17 bits per heavy atom. The van der Waals surface area contributed by atoms with Gasteiger partial charge in [-0.25, -0.2) is 13.8 Å². The minimum absolute atomic E-state index is 0.0707. The van der Waals surface area contributed by atoms with Gasteiger partial charge in [-0.2, -0.15) is 4.98 Å². The van der Waals surface area contributed by atoms with Crippen molar-refractivity contribution in [3.8, 4) is 17.0 Å². The van der Waals surface area contributed by atoms with Crippen LogP contribution in [-0.2, 0) is 11.2 Å². The van der Waals surface area contributed by atoms with Crippen molar-refractivity contribution >= 4 is 23.7 Å². The lowest BCUT2D eigenvalue weighted by molar-refractivity contribution is -0.116. The van der Waals surface area contributed by atoms with Gasteiger partial charge in [0.15, 0.2) is 11.6 Å². The van der Waals surface area contributed by atoms with Crippen LogP contribution in [0.25, 0.3) is 17.3 Å². The van der Waals surface area contributed by atoms with Gasteiger partial charge in [0.25, 0.3) is 0 Å². The maximum absolute atomic E-state index is 14.9. The number of nitrogens with two attached hydrogens (primary N) is 1. The van der Waals surface area contributed by atoms with Crippen molar-refractivity contribution in [2.45, 2.75) is 44.6 Å². The molecule has 36 heavy (non-hydrogen) atoms. The summed E-state index contributed by atoms with van der Waals surface area (Å²) in [5.74, 6) is -2.40. The van der Waals surface area contributed by atoms with E-state index in [4.69, 9.17) is 5.73 Å². The van der Waals surface area contributed by atoms with Gasteiger partial charge in [-0.3, -0.25) is 9.78 Å². The summed E-state index contributed by atoms with van der Waals surface area (Å²) in [4.78, 5) is 23.9. The van der Waals surface area contributed by atoms with E-state index < -0.39 is 11.6 Å². The maximum atomic E-state index is 14.9. The summed E-state index contributed by atoms with van der Waals surface area (Å²) < 4.78 is 29.8. The highest BCUT2D eigenvalue weighted by atomic mass is 19.2. The molecule has 3 aromatic rings. The molecule has 1 aromatic carbocycles. The van der Waals surface area contributed by atoms with Crippen LogP contribution >= 0.6 is 0 Å². The molecule has 2 heterocycles. The summed E-state index contributed by atoms with van der Waals surface area (Å²) in [5, 5.41) is 16.3. The Morgan fingerprint density at radius 2 is 2.00 bits per heavy atom. The number of phenols is 1. The van der Waals surface area contributed by atoms with Crippen LogP contribution in [0.5, 0.6) is 5.75 Å². The van der Waals surface area contributed by atoms with Crippen molar-refractivity contribution < 1.29 is 18.7 Å². The van der Waals surface area contributed by atoms with E-state index in [9.17, 15) is 18.7 Å². The molecule has 0 saturated heterocycles. The number of carbonyl (C=O) groups is 1. The number of hydrogen-bond acceptors (Lipinski definition) is 7. The molecule has 0 bridgehead atoms. The lowest BCUT2D eigenvalue weighted by Crippen LogP contribution is -2.22. The largest absolute Gasteiger partial charge is 0.508 e. The summed E-state index contributed by atoms with van der Waals surface area (Å²) in [6.07, 6.45) is 10.4. The first kappa shape index (κ1) is 25.0. The minimum Gasteiger partial charge on any atom is -0.508 e. The standard InChI is InChI=1S/C26H28F2N6O2/c27-24-18(6-2-1-3-12-31-23(36)10-7-16-5-4-11-30-15-16)21(35)13-19(25(24)28)20-14-22(32-17-8-9-17)34-26(29)33-20/h4-5,7,10-11,13-15,17,35H,1-3,6,8-9,12H2,(H,31,36)(H3,29,32,33,34)/b10-7+. The van der Waals surface area contributed by atoms with E-state index in [0.717, 1.165) is 18.4 Å². The van der Waals surface area contributed by atoms with Crippen LogP contribution in [-0.4, -0.2) is 38.6 Å². The third-order valence-corrected chi connectivity index (χ3v) is 5.75. The summed E-state index contributed by atoms with van der Waals surface area (Å²) in [7, 11) is 0. The van der Waals surface area contributed by atoms with Crippen molar-refractivity contribution in [1.82, 2.24) is 20.3 Å². The number of nitrogens with one attached hydrogen (secondary N) is 2. The lowest BCUT2D eigenvalue weighted by atomic mass is 10.0. The molecule has 4 rings (SSSR count). The van der Waals surface area contributed by atoms with Crippen molar-refractivity contribution in [3.05, 3.63) is 65.5 Å². The number of nitrogen functional groups attached to an aromatic ring is 1. The molecule has 2 aromatic heterocycles. The molecule has 0 radical (unpaired) electrons. The van der Waals surface area contributed by atoms with Crippen LogP contribution in [0.1, 0.15) is 43.2 Å². The molecule has 8 nitrogen and oxygen atoms in total. The number of unbranched alkanes of at least 4 members (excludes halogenated alkanes) is 2. The third-order valence-electron chi connectivity index (χ3n) is 5.75. The Bertz CT molecular complexity index is 1250. The maximum Gasteiger partial charge on any atom is 0.243 e. The fourth-order valence-corrected chi connectivity index (χ4v) is 3.71. The average molecular weight is 495 g/mol. The highest BCUT2D eigenvalue weighted by Gasteiger charge is 2.24. The monoisotopic (exact) mass is 494 g/mol. The fourth-order valence-electron chi connectivity index (χ4n) is 3.71. The van der Waals surface area contributed by atoms with Crippen molar-refractivity contribution in [3.63, 3.8) is 0 Å². The molecule has 1 saturated carbocycles. The first-order chi connectivity index (χ1) is 17.4. The number of benzene rings is 1. The molecule has 1 aliphatic carbocycles. The average Bonchev–Trinajstić information content (AvgIpc) is 3.68. The van der Waals surface area contributed by atoms with Crippen LogP contribution < -0.4 is 16.4 Å². The van der Waals surface area contributed by atoms with E-state index in [0.29, 0.717) is 37.7 Å². The number of aromatic hydroxyl groups is 1. The number of anilines is 2. The highest BCUT2D eigenvalue weighted by molar-refractivity contribution is 5.91. The first-order valence-electron chi connectivity index (χ1n) is 11.9. The summed E-state index contributed by atoms with van der Waals surface area (Å²) in [5.41, 5.74) is 6.40. The van der Waals surface area contributed by atoms with Crippen molar-refractivity contribution in [2.75, 3.05) is 17.6 Å². The van der Waals surface area contributed by atoms with Gasteiger partial charge in [0.1, 0.15) is 11.6 Å². The molecule has 0 aliphatic heterocycles. The second-order valence-electron chi connectivity index (χ2n) is 8.69. The number of rotatable bonds is 11. The number of aromatic nitrogens is 3. The molecule has 1 amide bonds. The van der Waals surface area contributed by atoms with Gasteiger partial charge in [0.2, 0.25) is 11.9 Å². The van der Waals surface area contributed by atoms with Crippen LogP contribution in [0, 0.1) is 11.6 Å². The second kappa shape index (κ2) is 11.6. The SMILES string of the molecule is Nc1nc(NC2CC2)cc(-c2cc(O)c(CCCCCNC(=O)/C=C/c3cccnc3)c(F)c2F)n1. The number of amides is 1. The Labute approximate surface area is 207 Å². The molecule has 1 fully saturated rings. The predicted molar refractivity (Wildman–Crippen MR) is 134 cm³/mol. The van der Waals surface area contributed by atoms with Gasteiger partial charge in [0, 0.05) is 48.2 Å². The molecule has 5 N–H and O–H groups in total. The number of halogens is 2. The Kier molecular flexibility index (Phi) is 8.04. The van der Waals surface area contributed by atoms with Gasteiger partial charge in [-0.15, -0.1) is 0 Å². The molecule has 0 unspecified atom stereocenters. The predicted octanol–water partition coefficient (Wildman–Crippen LogP) is 4.22. The number of nitrogens with zero attached hydrogens (tertiary/aromatic N) is 3. The quantitative estimate of drug-likeness (QED) is 0.232. The summed E-state index contributed by atoms with van der Waals surface area (Å²) in [6.45, 7) is 0.449. The van der Waals surface area contributed by atoms with Gasteiger partial charge in [-0.05, 0) is 55.9 Å². The highest BCUT2D eigenvalue weighted by Crippen LogP contribution is 2.34. The topological polar surface area (TPSA) is 126 Å². The fraction of sp³-hybridized carbons (Fsp3) is 0.308. The zero-order valence-electron chi connectivity index (χ0n) is 19.7. The Morgan fingerprint density at radius 3 is 2.75 bits per heavy atom. The van der Waals surface area contributed by atoms with Gasteiger partial charge < -0.3 is 21.5 Å². The van der Waals surface area contributed by atoms with E-state index in [1.165, 1.54) is 18.2 Å². The van der Waals surface area contributed by atoms with E-state index >= 15 is 0 Å². The molecule has 188 valence electrons. The van der Waals surface area contributed by atoms with Crippen LogP contribution in [0.3, 0.4) is 0 Å². The minimum atomic E-state index is -1.10. The van der Waals surface area contributed by atoms with Gasteiger partial charge in [-0.1, -0.05) is 12.5 Å². The number of carbonyl (C=O) groups excluding carboxylic acids is 1. The van der Waals surface area contributed by atoms with E-state index in [2.05, 4.69) is 25.6 Å². The van der Waals surface area contributed by atoms with Crippen LogP contribution in [0.15, 0.2) is 42.7 Å². The second-order valence-corrected chi connectivity index (χ2v) is 8.69.